The molecule has 0 aromatic heterocycles. The Morgan fingerprint density at radius 1 is 1.43 bits per heavy atom. The lowest BCUT2D eigenvalue weighted by atomic mass is 9.83. The van der Waals surface area contributed by atoms with E-state index in [-0.39, 0.29) is 24.5 Å². The van der Waals surface area contributed by atoms with Crippen LogP contribution in [0.1, 0.15) is 38.5 Å². The molecule has 0 bridgehead atoms. The number of carbonyl (C=O) groups is 1. The summed E-state index contributed by atoms with van der Waals surface area (Å²) in [7, 11) is 0. The highest BCUT2D eigenvalue weighted by atomic mass is 19.3. The van der Waals surface area contributed by atoms with Crippen molar-refractivity contribution >= 4 is 5.78 Å². The number of carbonyl (C=O) groups excluding carboxylic acids is 1. The first-order valence-electron chi connectivity index (χ1n) is 4.89. The zero-order chi connectivity index (χ0) is 10.6. The first kappa shape index (κ1) is 11.2. The number of Topliss-reactive ketones (excluding diaryl/α,β-unsaturated/α-hetero) is 1. The number of hydrogen-bond donors (Lipinski definition) is 0. The van der Waals surface area contributed by atoms with E-state index in [1.54, 1.807) is 0 Å². The molecule has 14 heavy (non-hydrogen) atoms. The van der Waals surface area contributed by atoms with E-state index in [9.17, 15) is 13.6 Å². The fraction of sp³-hybridized carbons (Fsp3) is 0.727. The molecule has 0 unspecified atom stereocenters. The molecule has 1 fully saturated rings. The predicted octanol–water partition coefficient (Wildman–Crippen LogP) is 2.79. The van der Waals surface area contributed by atoms with Gasteiger partial charge in [0.15, 0.2) is 0 Å². The highest BCUT2D eigenvalue weighted by molar-refractivity contribution is 5.81. The molecule has 0 spiro atoms. The molecule has 0 saturated heterocycles. The van der Waals surface area contributed by atoms with E-state index < -0.39 is 5.92 Å². The van der Waals surface area contributed by atoms with Crippen LogP contribution in [0.2, 0.25) is 0 Å². The molecule has 0 atom stereocenters. The van der Waals surface area contributed by atoms with E-state index in [1.165, 1.54) is 0 Å². The second kappa shape index (κ2) is 4.54. The molecule has 0 aromatic rings. The minimum absolute atomic E-state index is 0.0541. The summed E-state index contributed by atoms with van der Waals surface area (Å²) in [6.45, 7) is 0. The fourth-order valence-electron chi connectivity index (χ4n) is 1.76. The van der Waals surface area contributed by atoms with Gasteiger partial charge in [-0.2, -0.15) is 0 Å². The van der Waals surface area contributed by atoms with Gasteiger partial charge >= 0.3 is 0 Å². The van der Waals surface area contributed by atoms with E-state index in [0.29, 0.717) is 25.7 Å². The van der Waals surface area contributed by atoms with Crippen LogP contribution in [-0.2, 0) is 4.79 Å². The van der Waals surface area contributed by atoms with Crippen LogP contribution < -0.4 is 0 Å². The summed E-state index contributed by atoms with van der Waals surface area (Å²) >= 11 is 0. The first-order valence-corrected chi connectivity index (χ1v) is 4.89. The summed E-state index contributed by atoms with van der Waals surface area (Å²) in [5.41, 5.74) is 0. The summed E-state index contributed by atoms with van der Waals surface area (Å²) in [4.78, 5) is 11.4. The maximum Gasteiger partial charge on any atom is 0.248 e. The molecule has 1 saturated carbocycles. The Labute approximate surface area is 82.9 Å². The molecule has 0 radical (unpaired) electrons. The highest BCUT2D eigenvalue weighted by Crippen LogP contribution is 2.36. The van der Waals surface area contributed by atoms with Gasteiger partial charge in [0.2, 0.25) is 5.92 Å². The Kier molecular flexibility index (Phi) is 3.62. The van der Waals surface area contributed by atoms with Crippen LogP contribution in [0.25, 0.3) is 0 Å². The van der Waals surface area contributed by atoms with Crippen molar-refractivity contribution in [2.24, 2.45) is 5.92 Å². The SMILES string of the molecule is C#CCCC(=O)C1CCC(F)(F)CC1. The molecule has 0 aromatic carbocycles. The van der Waals surface area contributed by atoms with Crippen LogP contribution in [0.3, 0.4) is 0 Å². The van der Waals surface area contributed by atoms with Crippen molar-refractivity contribution in [1.29, 1.82) is 0 Å². The van der Waals surface area contributed by atoms with Gasteiger partial charge in [0.05, 0.1) is 0 Å². The Bertz CT molecular complexity index is 243. The molecule has 1 nitrogen and oxygen atoms in total. The average Bonchev–Trinajstić information content (AvgIpc) is 2.14. The molecular weight excluding hydrogens is 186 g/mol. The van der Waals surface area contributed by atoms with Crippen molar-refractivity contribution in [2.75, 3.05) is 0 Å². The van der Waals surface area contributed by atoms with Crippen molar-refractivity contribution in [3.05, 3.63) is 0 Å². The standard InChI is InChI=1S/C11H14F2O/c1-2-3-4-10(14)9-5-7-11(12,13)8-6-9/h1,9H,3-8H2. The van der Waals surface area contributed by atoms with Gasteiger partial charge in [0, 0.05) is 31.6 Å². The summed E-state index contributed by atoms with van der Waals surface area (Å²) in [5, 5.41) is 0. The quantitative estimate of drug-likeness (QED) is 0.640. The van der Waals surface area contributed by atoms with Crippen LogP contribution >= 0.6 is 0 Å². The van der Waals surface area contributed by atoms with E-state index in [0.717, 1.165) is 0 Å². The van der Waals surface area contributed by atoms with E-state index in [1.807, 2.05) is 0 Å². The van der Waals surface area contributed by atoms with Gasteiger partial charge in [-0.05, 0) is 12.8 Å². The molecule has 1 rings (SSSR count). The Hall–Kier alpha value is -0.910. The molecule has 0 N–H and O–H groups in total. The van der Waals surface area contributed by atoms with Crippen molar-refractivity contribution in [2.45, 2.75) is 44.4 Å². The third kappa shape index (κ3) is 3.10. The van der Waals surface area contributed by atoms with Crippen LogP contribution in [-0.4, -0.2) is 11.7 Å². The molecular formula is C11H14F2O. The fourth-order valence-corrected chi connectivity index (χ4v) is 1.76. The maximum atomic E-state index is 12.7. The second-order valence-corrected chi connectivity index (χ2v) is 3.80. The van der Waals surface area contributed by atoms with E-state index in [2.05, 4.69) is 5.92 Å². The first-order chi connectivity index (χ1) is 6.55. The van der Waals surface area contributed by atoms with E-state index >= 15 is 0 Å². The smallest absolute Gasteiger partial charge is 0.248 e. The molecule has 0 heterocycles. The van der Waals surface area contributed by atoms with Gasteiger partial charge in [0.1, 0.15) is 5.78 Å². The molecule has 78 valence electrons. The number of alkyl halides is 2. The lowest BCUT2D eigenvalue weighted by molar-refractivity contribution is -0.126. The number of hydrogen-bond acceptors (Lipinski definition) is 1. The van der Waals surface area contributed by atoms with Crippen molar-refractivity contribution in [3.63, 3.8) is 0 Å². The Morgan fingerprint density at radius 3 is 2.50 bits per heavy atom. The molecule has 1 aliphatic rings. The van der Waals surface area contributed by atoms with Crippen LogP contribution in [0, 0.1) is 18.3 Å². The second-order valence-electron chi connectivity index (χ2n) is 3.80. The minimum atomic E-state index is -2.55. The molecule has 0 amide bonds. The lowest BCUT2D eigenvalue weighted by Crippen LogP contribution is -2.28. The predicted molar refractivity (Wildman–Crippen MR) is 50.0 cm³/mol. The van der Waals surface area contributed by atoms with Gasteiger partial charge in [-0.25, -0.2) is 8.78 Å². The number of ketones is 1. The summed E-state index contributed by atoms with van der Waals surface area (Å²) in [5.74, 6) is -0.291. The van der Waals surface area contributed by atoms with Gasteiger partial charge in [-0.1, -0.05) is 0 Å². The zero-order valence-corrected chi connectivity index (χ0v) is 8.06. The van der Waals surface area contributed by atoms with Crippen molar-refractivity contribution in [1.82, 2.24) is 0 Å². The summed E-state index contributed by atoms with van der Waals surface area (Å²) in [6, 6.07) is 0. The normalized spacial score (nSPS) is 21.5. The average molecular weight is 200 g/mol. The van der Waals surface area contributed by atoms with Gasteiger partial charge < -0.3 is 0 Å². The van der Waals surface area contributed by atoms with Crippen molar-refractivity contribution in [3.8, 4) is 12.3 Å². The maximum absolute atomic E-state index is 12.7. The molecule has 1 aliphatic carbocycles. The minimum Gasteiger partial charge on any atom is -0.299 e. The van der Waals surface area contributed by atoms with Crippen LogP contribution in [0.5, 0.6) is 0 Å². The Morgan fingerprint density at radius 2 is 2.00 bits per heavy atom. The largest absolute Gasteiger partial charge is 0.299 e. The summed E-state index contributed by atoms with van der Waals surface area (Å²) in [6.07, 6.45) is 6.11. The number of terminal acetylenes is 1. The Balaban J connectivity index is 2.35. The van der Waals surface area contributed by atoms with Crippen LogP contribution in [0.15, 0.2) is 0 Å². The number of rotatable bonds is 3. The highest BCUT2D eigenvalue weighted by Gasteiger charge is 2.36. The van der Waals surface area contributed by atoms with Crippen LogP contribution in [0.4, 0.5) is 8.78 Å². The third-order valence-corrected chi connectivity index (χ3v) is 2.69. The topological polar surface area (TPSA) is 17.1 Å². The monoisotopic (exact) mass is 200 g/mol. The third-order valence-electron chi connectivity index (χ3n) is 2.69. The van der Waals surface area contributed by atoms with Gasteiger partial charge in [-0.15, -0.1) is 12.3 Å². The molecule has 3 heteroatoms. The lowest BCUT2D eigenvalue weighted by Gasteiger charge is -2.27. The number of halogens is 2. The molecule has 0 aliphatic heterocycles. The van der Waals surface area contributed by atoms with E-state index in [4.69, 9.17) is 6.42 Å². The zero-order valence-electron chi connectivity index (χ0n) is 8.06. The van der Waals surface area contributed by atoms with Gasteiger partial charge in [0.25, 0.3) is 0 Å². The van der Waals surface area contributed by atoms with Crippen molar-refractivity contribution < 1.29 is 13.6 Å². The van der Waals surface area contributed by atoms with Gasteiger partial charge in [-0.3, -0.25) is 4.79 Å². The summed E-state index contributed by atoms with van der Waals surface area (Å²) < 4.78 is 25.5.